The van der Waals surface area contributed by atoms with Crippen molar-refractivity contribution in [1.82, 2.24) is 9.97 Å². The number of hydrogen-bond acceptors (Lipinski definition) is 4. The Morgan fingerprint density at radius 3 is 1.56 bits per heavy atom. The number of aromatic nitrogens is 4. The molecule has 6 nitrogen and oxygen atoms in total. The summed E-state index contributed by atoms with van der Waals surface area (Å²) >= 11 is 0. The van der Waals surface area contributed by atoms with Crippen molar-refractivity contribution >= 4 is 0 Å². The summed E-state index contributed by atoms with van der Waals surface area (Å²) < 4.78 is 1.35. The first-order valence-corrected chi connectivity index (χ1v) is 4.72. The Labute approximate surface area is 92.0 Å². The van der Waals surface area contributed by atoms with Gasteiger partial charge in [-0.25, -0.2) is 9.46 Å². The van der Waals surface area contributed by atoms with E-state index in [0.29, 0.717) is 32.5 Å². The van der Waals surface area contributed by atoms with Crippen LogP contribution in [0.1, 0.15) is 11.6 Å². The van der Waals surface area contributed by atoms with Crippen molar-refractivity contribution in [3.05, 3.63) is 46.6 Å². The van der Waals surface area contributed by atoms with Gasteiger partial charge in [-0.1, -0.05) is 0 Å². The smallest absolute Gasteiger partial charge is 0.299 e. The van der Waals surface area contributed by atoms with Gasteiger partial charge in [-0.05, 0) is 9.97 Å². The highest BCUT2D eigenvalue weighted by Crippen LogP contribution is 2.11. The van der Waals surface area contributed by atoms with Gasteiger partial charge in [0, 0.05) is 26.0 Å². The van der Waals surface area contributed by atoms with Crippen LogP contribution < -0.4 is 9.46 Å². The van der Waals surface area contributed by atoms with Crippen molar-refractivity contribution in [2.75, 3.05) is 0 Å². The van der Waals surface area contributed by atoms with Crippen molar-refractivity contribution in [2.45, 2.75) is 13.8 Å². The minimum atomic E-state index is 0.343. The molecule has 0 bridgehead atoms. The lowest BCUT2D eigenvalue weighted by Crippen LogP contribution is -2.31. The van der Waals surface area contributed by atoms with Crippen LogP contribution in [0.15, 0.2) is 24.5 Å². The number of hydrogen-bond donors (Lipinski definition) is 0. The van der Waals surface area contributed by atoms with Gasteiger partial charge in [0.05, 0.1) is 12.4 Å². The second-order valence-electron chi connectivity index (χ2n) is 3.37. The molecule has 0 unspecified atom stereocenters. The van der Waals surface area contributed by atoms with E-state index in [9.17, 15) is 10.4 Å². The topological polar surface area (TPSA) is 79.7 Å². The predicted molar refractivity (Wildman–Crippen MR) is 54.9 cm³/mol. The Balaban J connectivity index is 2.50. The van der Waals surface area contributed by atoms with E-state index in [1.54, 1.807) is 26.0 Å². The third-order valence-corrected chi connectivity index (χ3v) is 2.20. The van der Waals surface area contributed by atoms with Crippen molar-refractivity contribution in [1.29, 1.82) is 0 Å². The fraction of sp³-hybridized carbons (Fsp3) is 0.200. The van der Waals surface area contributed by atoms with Crippen molar-refractivity contribution < 1.29 is 9.46 Å². The maximum atomic E-state index is 11.1. The molecule has 0 saturated carbocycles. The Bertz CT molecular complexity index is 493. The lowest BCUT2D eigenvalue weighted by atomic mass is 10.3. The van der Waals surface area contributed by atoms with Crippen molar-refractivity contribution in [3.63, 3.8) is 0 Å². The zero-order valence-electron chi connectivity index (χ0n) is 8.91. The van der Waals surface area contributed by atoms with Gasteiger partial charge in [0.1, 0.15) is 0 Å². The molecule has 0 radical (unpaired) electrons. The Morgan fingerprint density at radius 2 is 1.25 bits per heavy atom. The summed E-state index contributed by atoms with van der Waals surface area (Å²) in [5.41, 5.74) is 1.15. The van der Waals surface area contributed by atoms with Crippen LogP contribution in [0.2, 0.25) is 0 Å². The largest absolute Gasteiger partial charge is 0.711 e. The fourth-order valence-electron chi connectivity index (χ4n) is 1.30. The summed E-state index contributed by atoms with van der Waals surface area (Å²) in [5, 5.41) is 22.2. The molecule has 0 atom stereocenters. The average Bonchev–Trinajstić information content (AvgIpc) is 2.26. The minimum Gasteiger partial charge on any atom is -0.711 e. The molecule has 0 saturated heterocycles. The summed E-state index contributed by atoms with van der Waals surface area (Å²) in [6.45, 7) is 3.22. The van der Waals surface area contributed by atoms with E-state index in [-0.39, 0.29) is 0 Å². The highest BCUT2D eigenvalue weighted by atomic mass is 16.5. The molecular formula is C10H10N4O2. The Kier molecular flexibility index (Phi) is 2.40. The zero-order valence-corrected chi connectivity index (χ0v) is 8.91. The average molecular weight is 218 g/mol. The summed E-state index contributed by atoms with van der Waals surface area (Å²) in [5.74, 6) is 0.687. The highest BCUT2D eigenvalue weighted by molar-refractivity contribution is 5.51. The molecule has 0 aliphatic heterocycles. The van der Waals surface area contributed by atoms with E-state index in [0.717, 1.165) is 0 Å². The van der Waals surface area contributed by atoms with Gasteiger partial charge in [0.25, 0.3) is 11.6 Å². The second-order valence-corrected chi connectivity index (χ2v) is 3.37. The number of rotatable bonds is 1. The monoisotopic (exact) mass is 218 g/mol. The SMILES string of the molecule is Cc1nc(-c2cc[n+]([O-])c(C)n2)cc[n+]1[O-]. The fourth-order valence-corrected chi connectivity index (χ4v) is 1.30. The molecule has 0 fully saturated rings. The van der Waals surface area contributed by atoms with Gasteiger partial charge < -0.3 is 10.4 Å². The molecule has 0 aliphatic carbocycles. The summed E-state index contributed by atoms with van der Waals surface area (Å²) in [6.07, 6.45) is 2.74. The number of nitrogens with zero attached hydrogens (tertiary/aromatic N) is 4. The van der Waals surface area contributed by atoms with Crippen LogP contribution in [0.25, 0.3) is 11.4 Å². The minimum absolute atomic E-state index is 0.343. The van der Waals surface area contributed by atoms with Crippen LogP contribution in [0.5, 0.6) is 0 Å². The molecule has 0 N–H and O–H groups in total. The van der Waals surface area contributed by atoms with Gasteiger partial charge in [-0.15, -0.1) is 0 Å². The maximum Gasteiger partial charge on any atom is 0.299 e. The third-order valence-electron chi connectivity index (χ3n) is 2.20. The van der Waals surface area contributed by atoms with Crippen LogP contribution >= 0.6 is 0 Å². The van der Waals surface area contributed by atoms with Gasteiger partial charge >= 0.3 is 0 Å². The van der Waals surface area contributed by atoms with Crippen LogP contribution in [-0.2, 0) is 0 Å². The van der Waals surface area contributed by atoms with E-state index < -0.39 is 0 Å². The van der Waals surface area contributed by atoms with Crippen LogP contribution in [0.3, 0.4) is 0 Å². The molecule has 2 rings (SSSR count). The lowest BCUT2D eigenvalue weighted by Gasteiger charge is -2.03. The molecule has 2 aromatic heterocycles. The van der Waals surface area contributed by atoms with E-state index in [1.807, 2.05) is 0 Å². The van der Waals surface area contributed by atoms with Gasteiger partial charge in [0.2, 0.25) is 11.4 Å². The van der Waals surface area contributed by atoms with Crippen LogP contribution in [0, 0.1) is 24.3 Å². The Morgan fingerprint density at radius 1 is 0.875 bits per heavy atom. The van der Waals surface area contributed by atoms with E-state index in [4.69, 9.17) is 0 Å². The Hall–Kier alpha value is -2.24. The van der Waals surface area contributed by atoms with Gasteiger partial charge in [-0.2, -0.15) is 0 Å². The molecule has 0 aromatic carbocycles. The van der Waals surface area contributed by atoms with E-state index in [2.05, 4.69) is 9.97 Å². The molecule has 6 heteroatoms. The van der Waals surface area contributed by atoms with Crippen molar-refractivity contribution in [3.8, 4) is 11.4 Å². The van der Waals surface area contributed by atoms with Gasteiger partial charge in [-0.3, -0.25) is 0 Å². The third kappa shape index (κ3) is 1.77. The zero-order chi connectivity index (χ0) is 11.7. The first-order valence-electron chi connectivity index (χ1n) is 4.72. The molecule has 2 aromatic rings. The lowest BCUT2D eigenvalue weighted by molar-refractivity contribution is -0.616. The highest BCUT2D eigenvalue weighted by Gasteiger charge is 2.15. The molecule has 16 heavy (non-hydrogen) atoms. The molecular weight excluding hydrogens is 208 g/mol. The normalized spacial score (nSPS) is 10.4. The van der Waals surface area contributed by atoms with E-state index >= 15 is 0 Å². The van der Waals surface area contributed by atoms with Gasteiger partial charge in [0.15, 0.2) is 0 Å². The first-order chi connectivity index (χ1) is 7.58. The molecule has 82 valence electrons. The van der Waals surface area contributed by atoms with Crippen LogP contribution in [0.4, 0.5) is 0 Å². The molecule has 0 amide bonds. The predicted octanol–water partition coefficient (Wildman–Crippen LogP) is 0.0272. The summed E-state index contributed by atoms with van der Waals surface area (Å²) in [7, 11) is 0. The standard InChI is InChI=1S/C10H10N4O2/c1-7-11-9(3-5-13(7)15)10-4-6-14(16)8(2)12-10/h3-6H,1-2H3. The quantitative estimate of drug-likeness (QED) is 0.499. The van der Waals surface area contributed by atoms with Crippen molar-refractivity contribution in [2.24, 2.45) is 0 Å². The molecule has 0 spiro atoms. The number of aryl methyl sites for hydroxylation is 2. The van der Waals surface area contributed by atoms with Crippen LogP contribution in [-0.4, -0.2) is 9.97 Å². The van der Waals surface area contributed by atoms with E-state index in [1.165, 1.54) is 12.4 Å². The first kappa shape index (κ1) is 10.3. The second kappa shape index (κ2) is 3.73. The maximum absolute atomic E-state index is 11.1. The molecule has 0 aliphatic rings. The summed E-state index contributed by atoms with van der Waals surface area (Å²) in [6, 6.07) is 3.13. The summed E-state index contributed by atoms with van der Waals surface area (Å²) in [4.78, 5) is 8.18. The molecule has 2 heterocycles.